The molecule has 0 atom stereocenters. The number of pyridine rings is 1. The SMILES string of the molecule is CC(C)(O)c1sc(CNC(=O)c2cccnc2Oc2ccc(F)cc2)cc1Cl. The topological polar surface area (TPSA) is 71.5 Å². The highest BCUT2D eigenvalue weighted by molar-refractivity contribution is 7.12. The number of benzene rings is 1. The van der Waals surface area contributed by atoms with Crippen LogP contribution in [0.3, 0.4) is 0 Å². The minimum atomic E-state index is -1.05. The van der Waals surface area contributed by atoms with Gasteiger partial charge in [-0.25, -0.2) is 9.37 Å². The molecule has 2 aromatic heterocycles. The lowest BCUT2D eigenvalue weighted by molar-refractivity contribution is 0.0826. The first-order valence-electron chi connectivity index (χ1n) is 8.42. The highest BCUT2D eigenvalue weighted by atomic mass is 35.5. The van der Waals surface area contributed by atoms with E-state index in [2.05, 4.69) is 10.3 Å². The molecule has 146 valence electrons. The molecule has 28 heavy (non-hydrogen) atoms. The summed E-state index contributed by atoms with van der Waals surface area (Å²) in [6.45, 7) is 3.55. The van der Waals surface area contributed by atoms with E-state index < -0.39 is 5.60 Å². The number of thiophene rings is 1. The summed E-state index contributed by atoms with van der Waals surface area (Å²) in [5.74, 6) is -0.270. The molecule has 0 bridgehead atoms. The number of aliphatic hydroxyl groups is 1. The monoisotopic (exact) mass is 420 g/mol. The molecule has 1 amide bonds. The van der Waals surface area contributed by atoms with Crippen molar-refractivity contribution in [1.29, 1.82) is 0 Å². The number of rotatable bonds is 6. The normalized spacial score (nSPS) is 11.3. The van der Waals surface area contributed by atoms with Crippen molar-refractivity contribution in [1.82, 2.24) is 10.3 Å². The Kier molecular flexibility index (Phi) is 5.98. The molecule has 3 aromatic rings. The van der Waals surface area contributed by atoms with Crippen LogP contribution in [0.2, 0.25) is 5.02 Å². The van der Waals surface area contributed by atoms with Crippen LogP contribution in [0, 0.1) is 5.82 Å². The molecule has 8 heteroatoms. The van der Waals surface area contributed by atoms with Crippen molar-refractivity contribution < 1.29 is 19.0 Å². The minimum absolute atomic E-state index is 0.119. The summed E-state index contributed by atoms with van der Waals surface area (Å²) in [7, 11) is 0. The van der Waals surface area contributed by atoms with Crippen LogP contribution in [-0.2, 0) is 12.1 Å². The van der Waals surface area contributed by atoms with Gasteiger partial charge < -0.3 is 15.2 Å². The summed E-state index contributed by atoms with van der Waals surface area (Å²) < 4.78 is 18.7. The predicted octanol–water partition coefficient (Wildman–Crippen LogP) is 4.89. The standard InChI is InChI=1S/C20H18ClFN2O3S/c1-20(2,26)17-16(21)10-14(28-17)11-24-18(25)15-4-3-9-23-19(15)27-13-7-5-12(22)6-8-13/h3-10,26H,11H2,1-2H3,(H,24,25). The van der Waals surface area contributed by atoms with E-state index in [-0.39, 0.29) is 29.7 Å². The van der Waals surface area contributed by atoms with E-state index >= 15 is 0 Å². The number of halogens is 2. The average molecular weight is 421 g/mol. The fourth-order valence-electron chi connectivity index (χ4n) is 2.44. The zero-order chi connectivity index (χ0) is 20.3. The molecule has 0 spiro atoms. The summed E-state index contributed by atoms with van der Waals surface area (Å²) >= 11 is 7.50. The van der Waals surface area contributed by atoms with Crippen molar-refractivity contribution in [3.63, 3.8) is 0 Å². The average Bonchev–Trinajstić information content (AvgIpc) is 3.03. The minimum Gasteiger partial charge on any atom is -0.438 e. The molecular weight excluding hydrogens is 403 g/mol. The van der Waals surface area contributed by atoms with Crippen LogP contribution in [0.5, 0.6) is 11.6 Å². The second kappa shape index (κ2) is 8.26. The van der Waals surface area contributed by atoms with Gasteiger partial charge in [0.1, 0.15) is 17.1 Å². The van der Waals surface area contributed by atoms with Gasteiger partial charge in [0.25, 0.3) is 5.91 Å². The van der Waals surface area contributed by atoms with E-state index in [4.69, 9.17) is 16.3 Å². The smallest absolute Gasteiger partial charge is 0.257 e. The van der Waals surface area contributed by atoms with Gasteiger partial charge in [-0.15, -0.1) is 11.3 Å². The van der Waals surface area contributed by atoms with E-state index in [0.29, 0.717) is 15.6 Å². The molecule has 0 radical (unpaired) electrons. The molecule has 0 fully saturated rings. The summed E-state index contributed by atoms with van der Waals surface area (Å²) in [6, 6.07) is 10.4. The zero-order valence-corrected chi connectivity index (χ0v) is 16.8. The van der Waals surface area contributed by atoms with E-state index in [1.165, 1.54) is 41.8 Å². The molecule has 5 nitrogen and oxygen atoms in total. The Bertz CT molecular complexity index is 984. The van der Waals surface area contributed by atoms with Gasteiger partial charge in [-0.1, -0.05) is 11.6 Å². The van der Waals surface area contributed by atoms with E-state index in [0.717, 1.165) is 4.88 Å². The van der Waals surface area contributed by atoms with Crippen LogP contribution in [-0.4, -0.2) is 16.0 Å². The number of nitrogens with one attached hydrogen (secondary N) is 1. The lowest BCUT2D eigenvalue weighted by Crippen LogP contribution is -2.23. The summed E-state index contributed by atoms with van der Waals surface area (Å²) in [5, 5.41) is 13.4. The van der Waals surface area contributed by atoms with Crippen molar-refractivity contribution in [3.05, 3.63) is 74.8 Å². The lowest BCUT2D eigenvalue weighted by atomic mass is 10.1. The zero-order valence-electron chi connectivity index (χ0n) is 15.2. The predicted molar refractivity (Wildman–Crippen MR) is 106 cm³/mol. The number of nitrogens with zero attached hydrogens (tertiary/aromatic N) is 1. The van der Waals surface area contributed by atoms with E-state index in [1.807, 2.05) is 0 Å². The Labute approximate surface area is 170 Å². The van der Waals surface area contributed by atoms with Gasteiger partial charge in [-0.2, -0.15) is 0 Å². The third-order valence-corrected chi connectivity index (χ3v) is 5.62. The quantitative estimate of drug-likeness (QED) is 0.595. The Morgan fingerprint density at radius 3 is 2.68 bits per heavy atom. The van der Waals surface area contributed by atoms with Crippen molar-refractivity contribution in [3.8, 4) is 11.6 Å². The van der Waals surface area contributed by atoms with Crippen LogP contribution < -0.4 is 10.1 Å². The first kappa shape index (κ1) is 20.3. The molecule has 0 aliphatic rings. The van der Waals surface area contributed by atoms with Crippen LogP contribution in [0.1, 0.15) is 34.0 Å². The number of hydrogen-bond donors (Lipinski definition) is 2. The van der Waals surface area contributed by atoms with Crippen molar-refractivity contribution in [2.24, 2.45) is 0 Å². The molecule has 0 aliphatic heterocycles. The maximum absolute atomic E-state index is 13.0. The third-order valence-electron chi connectivity index (χ3n) is 3.76. The van der Waals surface area contributed by atoms with E-state index in [9.17, 15) is 14.3 Å². The molecule has 0 saturated carbocycles. The van der Waals surface area contributed by atoms with Gasteiger partial charge in [0.2, 0.25) is 5.88 Å². The molecule has 2 heterocycles. The first-order chi connectivity index (χ1) is 13.2. The van der Waals surface area contributed by atoms with Crippen molar-refractivity contribution >= 4 is 28.8 Å². The molecule has 1 aromatic carbocycles. The lowest BCUT2D eigenvalue weighted by Gasteiger charge is -2.15. The second-order valence-electron chi connectivity index (χ2n) is 6.54. The van der Waals surface area contributed by atoms with Crippen LogP contribution in [0.25, 0.3) is 0 Å². The Morgan fingerprint density at radius 2 is 2.04 bits per heavy atom. The molecule has 0 saturated heterocycles. The number of ether oxygens (including phenoxy) is 1. The maximum Gasteiger partial charge on any atom is 0.257 e. The Hall–Kier alpha value is -2.48. The maximum atomic E-state index is 13.0. The van der Waals surface area contributed by atoms with Gasteiger partial charge >= 0.3 is 0 Å². The van der Waals surface area contributed by atoms with Crippen LogP contribution >= 0.6 is 22.9 Å². The van der Waals surface area contributed by atoms with Crippen molar-refractivity contribution in [2.45, 2.75) is 26.0 Å². The molecule has 0 unspecified atom stereocenters. The number of amides is 1. The second-order valence-corrected chi connectivity index (χ2v) is 8.09. The molecule has 2 N–H and O–H groups in total. The largest absolute Gasteiger partial charge is 0.438 e. The van der Waals surface area contributed by atoms with E-state index in [1.54, 1.807) is 32.0 Å². The summed E-state index contributed by atoms with van der Waals surface area (Å²) in [6.07, 6.45) is 1.50. The number of carbonyl (C=O) groups is 1. The Morgan fingerprint density at radius 1 is 1.32 bits per heavy atom. The fraction of sp³-hybridized carbons (Fsp3) is 0.200. The molecule has 3 rings (SSSR count). The van der Waals surface area contributed by atoms with Crippen LogP contribution in [0.15, 0.2) is 48.7 Å². The van der Waals surface area contributed by atoms with Gasteiger partial charge in [-0.3, -0.25) is 4.79 Å². The summed E-state index contributed by atoms with van der Waals surface area (Å²) in [5.41, 5.74) is -0.805. The Balaban J connectivity index is 1.72. The number of carbonyl (C=O) groups excluding carboxylic acids is 1. The van der Waals surface area contributed by atoms with Crippen LogP contribution in [0.4, 0.5) is 4.39 Å². The highest BCUT2D eigenvalue weighted by Gasteiger charge is 2.23. The van der Waals surface area contributed by atoms with Gasteiger partial charge in [-0.05, 0) is 56.3 Å². The fourth-order valence-corrected chi connectivity index (χ4v) is 3.98. The molecule has 0 aliphatic carbocycles. The number of aromatic nitrogens is 1. The third kappa shape index (κ3) is 4.86. The van der Waals surface area contributed by atoms with Gasteiger partial charge in [0, 0.05) is 11.1 Å². The highest BCUT2D eigenvalue weighted by Crippen LogP contribution is 2.35. The summed E-state index contributed by atoms with van der Waals surface area (Å²) in [4.78, 5) is 18.1. The number of hydrogen-bond acceptors (Lipinski definition) is 5. The van der Waals surface area contributed by atoms with Gasteiger partial charge in [0.15, 0.2) is 0 Å². The van der Waals surface area contributed by atoms with Crippen molar-refractivity contribution in [2.75, 3.05) is 0 Å². The molecular formula is C20H18ClFN2O3S. The first-order valence-corrected chi connectivity index (χ1v) is 9.61. The van der Waals surface area contributed by atoms with Gasteiger partial charge in [0.05, 0.1) is 22.0 Å².